The third kappa shape index (κ3) is 5.30. The van der Waals surface area contributed by atoms with Gasteiger partial charge in [-0.05, 0) is 37.1 Å². The number of aromatic nitrogens is 3. The minimum absolute atomic E-state index is 0.239. The van der Waals surface area contributed by atoms with Crippen LogP contribution >= 0.6 is 23.2 Å². The highest BCUT2D eigenvalue weighted by Crippen LogP contribution is 2.49. The molecule has 5 aromatic rings. The number of hydrogen-bond acceptors (Lipinski definition) is 8. The summed E-state index contributed by atoms with van der Waals surface area (Å²) in [6.45, 7) is 6.99. The molecule has 1 amide bonds. The quantitative estimate of drug-likeness (QED) is 0.172. The third-order valence-electron chi connectivity index (χ3n) is 9.18. The van der Waals surface area contributed by atoms with Gasteiger partial charge in [-0.1, -0.05) is 29.8 Å². The smallest absolute Gasteiger partial charge is 0.247 e. The molecule has 2 aliphatic rings. The van der Waals surface area contributed by atoms with E-state index in [0.29, 0.717) is 55.4 Å². The Morgan fingerprint density at radius 3 is 2.32 bits per heavy atom. The van der Waals surface area contributed by atoms with Crippen LogP contribution < -0.4 is 24.4 Å². The van der Waals surface area contributed by atoms with E-state index >= 15 is 0 Å². The molecule has 0 bridgehead atoms. The number of ether oxygens (including phenoxy) is 4. The molecular formula is C35H33Cl2N5O5. The zero-order valence-corrected chi connectivity index (χ0v) is 27.7. The van der Waals surface area contributed by atoms with E-state index in [4.69, 9.17) is 47.1 Å². The Morgan fingerprint density at radius 2 is 1.66 bits per heavy atom. The number of hydrogen-bond donors (Lipinski definition) is 1. The summed E-state index contributed by atoms with van der Waals surface area (Å²) in [5, 5.41) is 4.52. The lowest BCUT2D eigenvalue weighted by Crippen LogP contribution is -2.58. The fourth-order valence-electron chi connectivity index (χ4n) is 6.68. The summed E-state index contributed by atoms with van der Waals surface area (Å²) in [7, 11) is 4.71. The number of rotatable bonds is 8. The summed E-state index contributed by atoms with van der Waals surface area (Å²) in [4.78, 5) is 24.4. The number of amides is 1. The molecule has 10 nitrogen and oxygen atoms in total. The Balaban J connectivity index is 1.35. The Kier molecular flexibility index (Phi) is 8.11. The largest absolute Gasteiger partial charge is 0.496 e. The van der Waals surface area contributed by atoms with E-state index < -0.39 is 0 Å². The van der Waals surface area contributed by atoms with Crippen LogP contribution in [0.5, 0.6) is 17.2 Å². The predicted molar refractivity (Wildman–Crippen MR) is 185 cm³/mol. The van der Waals surface area contributed by atoms with Crippen LogP contribution in [0.15, 0.2) is 61.6 Å². The number of imidazole rings is 1. The van der Waals surface area contributed by atoms with E-state index in [9.17, 15) is 4.79 Å². The molecule has 7 rings (SSSR count). The minimum atomic E-state index is -0.297. The first kappa shape index (κ1) is 31.1. The molecule has 2 aliphatic heterocycles. The molecule has 1 N–H and O–H groups in total. The fourth-order valence-corrected chi connectivity index (χ4v) is 7.39. The van der Waals surface area contributed by atoms with Crippen molar-refractivity contribution >= 4 is 57.0 Å². The molecule has 0 aliphatic carbocycles. The van der Waals surface area contributed by atoms with Crippen molar-refractivity contribution in [2.75, 3.05) is 57.8 Å². The molecule has 0 unspecified atom stereocenters. The number of methoxy groups -OCH3 is 3. The maximum atomic E-state index is 12.6. The van der Waals surface area contributed by atoms with Crippen LogP contribution in [0.2, 0.25) is 10.0 Å². The molecule has 12 heteroatoms. The maximum absolute atomic E-state index is 12.6. The molecule has 242 valence electrons. The molecular weight excluding hydrogens is 641 g/mol. The van der Waals surface area contributed by atoms with Crippen LogP contribution in [-0.4, -0.2) is 67.9 Å². The zero-order valence-electron chi connectivity index (χ0n) is 26.2. The highest BCUT2D eigenvalue weighted by atomic mass is 35.5. The van der Waals surface area contributed by atoms with E-state index in [0.717, 1.165) is 61.3 Å². The van der Waals surface area contributed by atoms with Gasteiger partial charge in [0.25, 0.3) is 0 Å². The summed E-state index contributed by atoms with van der Waals surface area (Å²) >= 11 is 13.6. The number of carbonyl (C=O) groups excluding carboxylic acids is 1. The van der Waals surface area contributed by atoms with Crippen molar-refractivity contribution in [3.05, 3.63) is 71.6 Å². The summed E-state index contributed by atoms with van der Waals surface area (Å²) in [5.74, 6) is 1.20. The standard InChI is InChI=1S/C35H33Cl2N5O5/c1-5-30(43)40-24-13-21(27(44-2)15-26(24)41-18-35(19-41)6-10-47-11-7-35)23-14-25-20(17-39-23)12-22(34-38-8-9-42(25)34)31-32(36)28(45-3)16-29(46-4)33(31)37/h5,8-9,12-17H,1,6-7,10-11,18-19H2,2-4H3,(H,40,43). The summed E-state index contributed by atoms with van der Waals surface area (Å²) in [6.07, 6.45) is 8.70. The van der Waals surface area contributed by atoms with Crippen LogP contribution in [0.25, 0.3) is 38.9 Å². The number of halogens is 2. The second-order valence-corrected chi connectivity index (χ2v) is 12.6. The van der Waals surface area contributed by atoms with Crippen LogP contribution in [0.4, 0.5) is 11.4 Å². The van der Waals surface area contributed by atoms with Crippen molar-refractivity contribution in [1.82, 2.24) is 14.4 Å². The molecule has 2 fully saturated rings. The van der Waals surface area contributed by atoms with Gasteiger partial charge in [0.2, 0.25) is 5.91 Å². The summed E-state index contributed by atoms with van der Waals surface area (Å²) in [5.41, 5.74) is 5.88. The molecule has 2 saturated heterocycles. The fraction of sp³-hybridized carbons (Fsp3) is 0.286. The van der Waals surface area contributed by atoms with Gasteiger partial charge in [-0.3, -0.25) is 14.2 Å². The Morgan fingerprint density at radius 1 is 0.957 bits per heavy atom. The second-order valence-electron chi connectivity index (χ2n) is 11.8. The zero-order chi connectivity index (χ0) is 32.9. The van der Waals surface area contributed by atoms with Crippen molar-refractivity contribution < 1.29 is 23.7 Å². The van der Waals surface area contributed by atoms with Crippen LogP contribution in [0, 0.1) is 5.41 Å². The number of carbonyl (C=O) groups is 1. The highest BCUT2D eigenvalue weighted by molar-refractivity contribution is 6.41. The molecule has 47 heavy (non-hydrogen) atoms. The Bertz CT molecular complexity index is 2020. The van der Waals surface area contributed by atoms with Gasteiger partial charge < -0.3 is 29.2 Å². The molecule has 3 aromatic heterocycles. The first-order chi connectivity index (χ1) is 22.8. The topological polar surface area (TPSA) is 99.5 Å². The predicted octanol–water partition coefficient (Wildman–Crippen LogP) is 7.29. The molecule has 0 saturated carbocycles. The average molecular weight is 675 g/mol. The Labute approximate surface area is 281 Å². The third-order valence-corrected chi connectivity index (χ3v) is 9.93. The number of fused-ring (bicyclic) bond motifs is 3. The van der Waals surface area contributed by atoms with Crippen molar-refractivity contribution in [2.45, 2.75) is 12.8 Å². The first-order valence-electron chi connectivity index (χ1n) is 15.1. The van der Waals surface area contributed by atoms with Gasteiger partial charge in [0, 0.05) is 84.5 Å². The lowest BCUT2D eigenvalue weighted by atomic mass is 9.73. The molecule has 5 heterocycles. The van der Waals surface area contributed by atoms with Gasteiger partial charge in [-0.25, -0.2) is 4.98 Å². The van der Waals surface area contributed by atoms with Gasteiger partial charge in [-0.2, -0.15) is 0 Å². The van der Waals surface area contributed by atoms with E-state index in [1.165, 1.54) is 20.3 Å². The maximum Gasteiger partial charge on any atom is 0.247 e. The van der Waals surface area contributed by atoms with Crippen molar-refractivity contribution in [3.8, 4) is 39.6 Å². The summed E-state index contributed by atoms with van der Waals surface area (Å²) < 4.78 is 24.5. The molecule has 2 aromatic carbocycles. The number of nitrogens with one attached hydrogen (secondary N) is 1. The normalized spacial score (nSPS) is 15.5. The second kappa shape index (κ2) is 12.3. The average Bonchev–Trinajstić information content (AvgIpc) is 3.58. The van der Waals surface area contributed by atoms with Crippen molar-refractivity contribution in [3.63, 3.8) is 0 Å². The number of nitrogens with zero attached hydrogens (tertiary/aromatic N) is 4. The van der Waals surface area contributed by atoms with Crippen LogP contribution in [-0.2, 0) is 9.53 Å². The molecule has 0 atom stereocenters. The number of benzene rings is 2. The monoisotopic (exact) mass is 673 g/mol. The van der Waals surface area contributed by atoms with Crippen LogP contribution in [0.3, 0.4) is 0 Å². The van der Waals surface area contributed by atoms with Crippen LogP contribution in [0.1, 0.15) is 12.8 Å². The first-order valence-corrected chi connectivity index (χ1v) is 15.9. The van der Waals surface area contributed by atoms with Crippen molar-refractivity contribution in [2.24, 2.45) is 5.41 Å². The van der Waals surface area contributed by atoms with Gasteiger partial charge in [0.05, 0.1) is 54.0 Å². The van der Waals surface area contributed by atoms with Crippen molar-refractivity contribution in [1.29, 1.82) is 0 Å². The van der Waals surface area contributed by atoms with E-state index in [1.807, 2.05) is 34.9 Å². The van der Waals surface area contributed by atoms with Gasteiger partial charge >= 0.3 is 0 Å². The number of anilines is 2. The van der Waals surface area contributed by atoms with Gasteiger partial charge in [0.15, 0.2) is 0 Å². The van der Waals surface area contributed by atoms with Gasteiger partial charge in [-0.15, -0.1) is 0 Å². The lowest BCUT2D eigenvalue weighted by Gasteiger charge is -2.53. The molecule has 1 spiro atoms. The van der Waals surface area contributed by atoms with E-state index in [1.54, 1.807) is 25.6 Å². The Hall–Kier alpha value is -4.51. The highest BCUT2D eigenvalue weighted by Gasteiger charge is 2.44. The SMILES string of the molecule is C=CC(=O)Nc1cc(-c2cc3c(cn2)cc(-c2c(Cl)c(OC)cc(OC)c2Cl)c2nccn23)c(OC)cc1N1CC2(CCOCC2)C1. The molecule has 0 radical (unpaired) electrons. The minimum Gasteiger partial charge on any atom is -0.496 e. The number of pyridine rings is 2. The van der Waals surface area contributed by atoms with E-state index in [-0.39, 0.29) is 11.3 Å². The summed E-state index contributed by atoms with van der Waals surface area (Å²) in [6, 6.07) is 9.47. The van der Waals surface area contributed by atoms with Gasteiger partial charge in [0.1, 0.15) is 22.9 Å². The lowest BCUT2D eigenvalue weighted by molar-refractivity contribution is -0.111. The van der Waals surface area contributed by atoms with E-state index in [2.05, 4.69) is 21.8 Å².